The molecule has 0 aliphatic rings. The molecule has 104 valence electrons. The van der Waals surface area contributed by atoms with Gasteiger partial charge in [-0.2, -0.15) is 4.79 Å². The summed E-state index contributed by atoms with van der Waals surface area (Å²) in [6.45, 7) is 4.05. The van der Waals surface area contributed by atoms with Crippen molar-refractivity contribution < 1.29 is 19.4 Å². The van der Waals surface area contributed by atoms with E-state index in [2.05, 4.69) is 4.74 Å². The number of nitrogens with zero attached hydrogens (tertiary/aromatic N) is 1. The molecule has 6 heteroatoms. The van der Waals surface area contributed by atoms with Gasteiger partial charge >= 0.3 is 11.4 Å². The molecule has 1 amide bonds. The van der Waals surface area contributed by atoms with E-state index >= 15 is 0 Å². The fourth-order valence-electron chi connectivity index (χ4n) is 1.54. The molecule has 0 radical (unpaired) electrons. The van der Waals surface area contributed by atoms with E-state index in [1.807, 2.05) is 19.9 Å². The lowest BCUT2D eigenvalue weighted by Gasteiger charge is -2.23. The Labute approximate surface area is 116 Å². The monoisotopic (exact) mass is 284 g/mol. The Morgan fingerprint density at radius 1 is 1.37 bits per heavy atom. The predicted molar refractivity (Wildman–Crippen MR) is 76.3 cm³/mol. The van der Waals surface area contributed by atoms with E-state index in [4.69, 9.17) is 0 Å². The molecule has 0 saturated heterocycles. The number of quaternary nitrogens is 1. The Morgan fingerprint density at radius 3 is 2.47 bits per heavy atom. The lowest BCUT2D eigenvalue weighted by Crippen LogP contribution is -2.44. The van der Waals surface area contributed by atoms with Gasteiger partial charge in [-0.1, -0.05) is 26.0 Å². The van der Waals surface area contributed by atoms with Gasteiger partial charge in [0.2, 0.25) is 11.9 Å². The Kier molecular flexibility index (Phi) is 4.97. The zero-order valence-corrected chi connectivity index (χ0v) is 12.2. The number of hydrogen-bond donors (Lipinski definition) is 1. The van der Waals surface area contributed by atoms with Gasteiger partial charge in [0.1, 0.15) is 0 Å². The van der Waals surface area contributed by atoms with Crippen LogP contribution >= 0.6 is 11.9 Å². The van der Waals surface area contributed by atoms with Crippen LogP contribution in [0, 0.1) is 0 Å². The molecule has 1 aromatic rings. The van der Waals surface area contributed by atoms with Crippen LogP contribution in [0.2, 0.25) is 0 Å². The first kappa shape index (κ1) is 15.5. The third-order valence-electron chi connectivity index (χ3n) is 2.82. The smallest absolute Gasteiger partial charge is 0.457 e. The van der Waals surface area contributed by atoms with Crippen LogP contribution in [-0.4, -0.2) is 30.7 Å². The minimum absolute atomic E-state index is 0.283. The number of hydrogen-bond acceptors (Lipinski definition) is 4. The second kappa shape index (κ2) is 6.08. The van der Waals surface area contributed by atoms with Gasteiger partial charge in [0.05, 0.1) is 14.2 Å². The summed E-state index contributed by atoms with van der Waals surface area (Å²) in [6, 6.07) is 7.22. The molecule has 1 unspecified atom stereocenters. The standard InChI is InChI=1S/C13H17NO4S/c1-9(2)10-6-5-7-11(8-10)14(3,12(15)16)19-13(17)18-4/h5-9H,1-4H3/p+1. The van der Waals surface area contributed by atoms with Crippen LogP contribution in [-0.2, 0) is 4.74 Å². The summed E-state index contributed by atoms with van der Waals surface area (Å²) < 4.78 is 3.94. The Balaban J connectivity index is 3.22. The maximum atomic E-state index is 11.5. The molecule has 5 nitrogen and oxygen atoms in total. The van der Waals surface area contributed by atoms with Crippen molar-refractivity contribution in [3.05, 3.63) is 29.8 Å². The summed E-state index contributed by atoms with van der Waals surface area (Å²) in [4.78, 5) is 22.9. The van der Waals surface area contributed by atoms with Crippen molar-refractivity contribution >= 4 is 29.0 Å². The summed E-state index contributed by atoms with van der Waals surface area (Å²) in [5.41, 5.74) is 1.54. The summed E-state index contributed by atoms with van der Waals surface area (Å²) in [7, 11) is 2.68. The topological polar surface area (TPSA) is 63.6 Å². The highest BCUT2D eigenvalue weighted by atomic mass is 32.2. The number of methoxy groups -OCH3 is 1. The minimum Gasteiger partial charge on any atom is -0.457 e. The third kappa shape index (κ3) is 3.48. The summed E-state index contributed by atoms with van der Waals surface area (Å²) in [5.74, 6) is 0.283. The number of carbonyl (C=O) groups excluding carboxylic acids is 1. The van der Waals surface area contributed by atoms with Crippen LogP contribution in [0.4, 0.5) is 15.3 Å². The summed E-state index contributed by atoms with van der Waals surface area (Å²) in [5, 5.41) is 8.76. The normalized spacial score (nSPS) is 13.9. The third-order valence-corrected chi connectivity index (χ3v) is 3.87. The molecule has 1 N–H and O–H groups in total. The fourth-order valence-corrected chi connectivity index (χ4v) is 2.21. The molecular weight excluding hydrogens is 266 g/mol. The maximum absolute atomic E-state index is 11.5. The van der Waals surface area contributed by atoms with E-state index < -0.39 is 15.3 Å². The number of carbonyl (C=O) groups is 2. The second-order valence-corrected chi connectivity index (χ2v) is 5.75. The lowest BCUT2D eigenvalue weighted by atomic mass is 10.0. The van der Waals surface area contributed by atoms with E-state index in [0.29, 0.717) is 17.6 Å². The molecule has 0 bridgehead atoms. The fraction of sp³-hybridized carbons (Fsp3) is 0.385. The number of amides is 1. The van der Waals surface area contributed by atoms with Crippen molar-refractivity contribution in [2.75, 3.05) is 14.2 Å². The molecule has 0 spiro atoms. The predicted octanol–water partition coefficient (Wildman–Crippen LogP) is 3.84. The van der Waals surface area contributed by atoms with E-state index in [1.165, 1.54) is 14.2 Å². The van der Waals surface area contributed by atoms with Gasteiger partial charge in [-0.05, 0) is 11.5 Å². The highest BCUT2D eigenvalue weighted by molar-refractivity contribution is 8.13. The highest BCUT2D eigenvalue weighted by Gasteiger charge is 2.41. The number of ether oxygens (including phenoxy) is 1. The van der Waals surface area contributed by atoms with Crippen molar-refractivity contribution in [1.29, 1.82) is 0 Å². The van der Waals surface area contributed by atoms with Crippen molar-refractivity contribution in [3.63, 3.8) is 0 Å². The van der Waals surface area contributed by atoms with E-state index in [1.54, 1.807) is 18.2 Å². The molecule has 0 aliphatic carbocycles. The van der Waals surface area contributed by atoms with E-state index in [9.17, 15) is 14.7 Å². The number of carboxylic acid groups (broad SMARTS) is 1. The first-order chi connectivity index (χ1) is 8.81. The molecule has 0 aromatic heterocycles. The number of benzene rings is 1. The maximum Gasteiger partial charge on any atom is 0.531 e. The minimum atomic E-state index is -1.13. The van der Waals surface area contributed by atoms with Gasteiger partial charge in [0.25, 0.3) is 0 Å². The molecule has 0 fully saturated rings. The van der Waals surface area contributed by atoms with Crippen molar-refractivity contribution in [3.8, 4) is 0 Å². The average Bonchev–Trinajstić information content (AvgIpc) is 2.38. The highest BCUT2D eigenvalue weighted by Crippen LogP contribution is 2.33. The van der Waals surface area contributed by atoms with Crippen LogP contribution in [0.1, 0.15) is 25.3 Å². The van der Waals surface area contributed by atoms with Crippen molar-refractivity contribution in [2.24, 2.45) is 0 Å². The van der Waals surface area contributed by atoms with Gasteiger partial charge in [0.15, 0.2) is 5.69 Å². The van der Waals surface area contributed by atoms with Crippen LogP contribution in [0.3, 0.4) is 0 Å². The Hall–Kier alpha value is -1.53. The van der Waals surface area contributed by atoms with Gasteiger partial charge < -0.3 is 9.84 Å². The second-order valence-electron chi connectivity index (χ2n) is 4.50. The molecule has 0 aliphatic heterocycles. The van der Waals surface area contributed by atoms with Crippen LogP contribution in [0.5, 0.6) is 0 Å². The van der Waals surface area contributed by atoms with E-state index in [0.717, 1.165) is 5.56 Å². The Morgan fingerprint density at radius 2 is 2.00 bits per heavy atom. The quantitative estimate of drug-likeness (QED) is 0.508. The molecule has 19 heavy (non-hydrogen) atoms. The Bertz CT molecular complexity index is 489. The van der Waals surface area contributed by atoms with Gasteiger partial charge in [-0.15, -0.1) is 3.89 Å². The molecule has 0 saturated carbocycles. The van der Waals surface area contributed by atoms with Gasteiger partial charge in [0, 0.05) is 12.1 Å². The summed E-state index contributed by atoms with van der Waals surface area (Å²) in [6.07, 6.45) is -1.13. The molecule has 1 atom stereocenters. The number of rotatable bonds is 2. The van der Waals surface area contributed by atoms with E-state index in [-0.39, 0.29) is 5.92 Å². The van der Waals surface area contributed by atoms with Crippen LogP contribution < -0.4 is 3.89 Å². The first-order valence-corrected chi connectivity index (χ1v) is 6.56. The molecule has 1 rings (SSSR count). The van der Waals surface area contributed by atoms with Gasteiger partial charge in [-0.3, -0.25) is 0 Å². The van der Waals surface area contributed by atoms with Crippen molar-refractivity contribution in [2.45, 2.75) is 19.8 Å². The zero-order chi connectivity index (χ0) is 14.6. The first-order valence-electron chi connectivity index (χ1n) is 5.79. The molecular formula is C13H18NO4S+. The molecule has 1 aromatic carbocycles. The van der Waals surface area contributed by atoms with Gasteiger partial charge in [-0.25, -0.2) is 4.79 Å². The van der Waals surface area contributed by atoms with Crippen LogP contribution in [0.15, 0.2) is 24.3 Å². The molecule has 0 heterocycles. The van der Waals surface area contributed by atoms with Crippen LogP contribution in [0.25, 0.3) is 0 Å². The largest absolute Gasteiger partial charge is 0.531 e. The van der Waals surface area contributed by atoms with Crippen molar-refractivity contribution in [1.82, 2.24) is 3.89 Å². The average molecular weight is 284 g/mol. The lowest BCUT2D eigenvalue weighted by molar-refractivity contribution is 0.178. The summed E-state index contributed by atoms with van der Waals surface area (Å²) >= 11 is 0.605. The zero-order valence-electron chi connectivity index (χ0n) is 11.4. The SMILES string of the molecule is COC(=O)S[N+](C)(C(=O)O)c1cccc(C(C)C)c1.